The monoisotopic (exact) mass is 288 g/mol. The number of hydrogen-bond donors (Lipinski definition) is 2. The zero-order valence-corrected chi connectivity index (χ0v) is 11.5. The number of hydrogen-bond acceptors (Lipinski definition) is 3. The van der Waals surface area contributed by atoms with Crippen LogP contribution < -0.4 is 15.8 Å². The molecule has 1 aliphatic rings. The maximum absolute atomic E-state index is 13.5. The Morgan fingerprint density at radius 1 is 1.63 bits per heavy atom. The molecule has 1 aliphatic heterocycles. The topological polar surface area (TPSA) is 64.4 Å². The molecule has 1 aromatic carbocycles. The summed E-state index contributed by atoms with van der Waals surface area (Å²) in [5, 5.41) is 2.89. The smallest absolute Gasteiger partial charge is 0.224 e. The SMILES string of the molecule is CC(CN)C(=O)N[C@@H]1CCOc2c(F)cccc21.Cl. The summed E-state index contributed by atoms with van der Waals surface area (Å²) in [5.41, 5.74) is 6.14. The van der Waals surface area contributed by atoms with Gasteiger partial charge in [-0.3, -0.25) is 4.79 Å². The lowest BCUT2D eigenvalue weighted by Crippen LogP contribution is -2.37. The molecule has 19 heavy (non-hydrogen) atoms. The number of fused-ring (bicyclic) bond motifs is 1. The van der Waals surface area contributed by atoms with E-state index in [4.69, 9.17) is 10.5 Å². The molecular formula is C13H18ClFN2O2. The van der Waals surface area contributed by atoms with E-state index in [-0.39, 0.29) is 36.0 Å². The number of nitrogens with one attached hydrogen (secondary N) is 1. The Balaban J connectivity index is 0.00000180. The number of benzene rings is 1. The highest BCUT2D eigenvalue weighted by atomic mass is 35.5. The van der Waals surface area contributed by atoms with E-state index >= 15 is 0 Å². The van der Waals surface area contributed by atoms with Crippen LogP contribution in [0.3, 0.4) is 0 Å². The molecule has 0 radical (unpaired) electrons. The molecule has 0 bridgehead atoms. The number of halogens is 2. The zero-order valence-electron chi connectivity index (χ0n) is 10.7. The molecule has 0 saturated heterocycles. The molecule has 1 unspecified atom stereocenters. The number of amides is 1. The molecule has 1 heterocycles. The zero-order chi connectivity index (χ0) is 13.1. The lowest BCUT2D eigenvalue weighted by Gasteiger charge is -2.27. The van der Waals surface area contributed by atoms with Gasteiger partial charge in [0.1, 0.15) is 0 Å². The Kier molecular flexibility index (Phi) is 5.57. The van der Waals surface area contributed by atoms with E-state index in [1.54, 1.807) is 19.1 Å². The highest BCUT2D eigenvalue weighted by molar-refractivity contribution is 5.85. The van der Waals surface area contributed by atoms with Gasteiger partial charge in [0.15, 0.2) is 11.6 Å². The van der Waals surface area contributed by atoms with Crippen molar-refractivity contribution in [1.29, 1.82) is 0 Å². The number of carbonyl (C=O) groups is 1. The van der Waals surface area contributed by atoms with Crippen molar-refractivity contribution in [2.75, 3.05) is 13.2 Å². The van der Waals surface area contributed by atoms with Crippen LogP contribution in [0.15, 0.2) is 18.2 Å². The average molecular weight is 289 g/mol. The minimum absolute atomic E-state index is 0. The summed E-state index contributed by atoms with van der Waals surface area (Å²) in [7, 11) is 0. The number of nitrogens with two attached hydrogens (primary N) is 1. The molecule has 0 saturated carbocycles. The first-order valence-corrected chi connectivity index (χ1v) is 6.05. The van der Waals surface area contributed by atoms with Crippen LogP contribution in [-0.2, 0) is 4.79 Å². The van der Waals surface area contributed by atoms with Gasteiger partial charge in [-0.2, -0.15) is 0 Å². The first kappa shape index (κ1) is 15.7. The van der Waals surface area contributed by atoms with E-state index in [1.165, 1.54) is 6.07 Å². The van der Waals surface area contributed by atoms with Gasteiger partial charge in [-0.25, -0.2) is 4.39 Å². The summed E-state index contributed by atoms with van der Waals surface area (Å²) >= 11 is 0. The van der Waals surface area contributed by atoms with Crippen molar-refractivity contribution in [2.24, 2.45) is 11.7 Å². The highest BCUT2D eigenvalue weighted by Crippen LogP contribution is 2.34. The van der Waals surface area contributed by atoms with E-state index in [2.05, 4.69) is 5.32 Å². The van der Waals surface area contributed by atoms with Crippen molar-refractivity contribution in [3.63, 3.8) is 0 Å². The van der Waals surface area contributed by atoms with Gasteiger partial charge in [-0.1, -0.05) is 19.1 Å². The first-order chi connectivity index (χ1) is 8.63. The Labute approximate surface area is 117 Å². The molecule has 3 N–H and O–H groups in total. The Bertz CT molecular complexity index is 456. The van der Waals surface area contributed by atoms with Crippen LogP contribution in [0.1, 0.15) is 24.9 Å². The Morgan fingerprint density at radius 2 is 2.37 bits per heavy atom. The van der Waals surface area contributed by atoms with Gasteiger partial charge >= 0.3 is 0 Å². The van der Waals surface area contributed by atoms with Gasteiger partial charge in [0.25, 0.3) is 0 Å². The van der Waals surface area contributed by atoms with Gasteiger partial charge in [-0.05, 0) is 6.07 Å². The Hall–Kier alpha value is -1.33. The van der Waals surface area contributed by atoms with Crippen molar-refractivity contribution in [3.8, 4) is 5.75 Å². The molecule has 1 aromatic rings. The molecule has 0 aromatic heterocycles. The Morgan fingerprint density at radius 3 is 3.05 bits per heavy atom. The van der Waals surface area contributed by atoms with Crippen LogP contribution in [0, 0.1) is 11.7 Å². The maximum Gasteiger partial charge on any atom is 0.224 e. The van der Waals surface area contributed by atoms with E-state index in [1.807, 2.05) is 0 Å². The van der Waals surface area contributed by atoms with Gasteiger partial charge in [0.2, 0.25) is 5.91 Å². The second-order valence-corrected chi connectivity index (χ2v) is 4.49. The maximum atomic E-state index is 13.5. The van der Waals surface area contributed by atoms with Gasteiger partial charge < -0.3 is 15.8 Å². The fourth-order valence-electron chi connectivity index (χ4n) is 1.96. The largest absolute Gasteiger partial charge is 0.490 e. The minimum Gasteiger partial charge on any atom is -0.490 e. The van der Waals surface area contributed by atoms with Crippen molar-refractivity contribution < 1.29 is 13.9 Å². The quantitative estimate of drug-likeness (QED) is 0.891. The number of rotatable bonds is 3. The van der Waals surface area contributed by atoms with Crippen molar-refractivity contribution in [3.05, 3.63) is 29.6 Å². The first-order valence-electron chi connectivity index (χ1n) is 6.05. The predicted octanol–water partition coefficient (Wildman–Crippen LogP) is 1.78. The van der Waals surface area contributed by atoms with Crippen LogP contribution >= 0.6 is 12.4 Å². The van der Waals surface area contributed by atoms with Crippen LogP contribution in [0.4, 0.5) is 4.39 Å². The third-order valence-electron chi connectivity index (χ3n) is 3.14. The van der Waals surface area contributed by atoms with E-state index < -0.39 is 5.82 Å². The number of para-hydroxylation sites is 1. The molecule has 6 heteroatoms. The minimum atomic E-state index is -0.390. The van der Waals surface area contributed by atoms with Crippen LogP contribution in [-0.4, -0.2) is 19.1 Å². The second kappa shape index (κ2) is 6.73. The third kappa shape index (κ3) is 3.36. The number of ether oxygens (including phenoxy) is 1. The predicted molar refractivity (Wildman–Crippen MR) is 72.9 cm³/mol. The summed E-state index contributed by atoms with van der Waals surface area (Å²) < 4.78 is 18.9. The van der Waals surface area contributed by atoms with Crippen molar-refractivity contribution in [2.45, 2.75) is 19.4 Å². The van der Waals surface area contributed by atoms with Gasteiger partial charge in [0.05, 0.1) is 12.6 Å². The standard InChI is InChI=1S/C13H17FN2O2.ClH/c1-8(7-15)13(17)16-11-5-6-18-12-9(11)3-2-4-10(12)14;/h2-4,8,11H,5-7,15H2,1H3,(H,16,17);1H/t8?,11-;/m1./s1. The van der Waals surface area contributed by atoms with Gasteiger partial charge in [0, 0.05) is 24.4 Å². The van der Waals surface area contributed by atoms with Crippen LogP contribution in [0.25, 0.3) is 0 Å². The summed E-state index contributed by atoms with van der Waals surface area (Å²) in [6, 6.07) is 4.54. The molecule has 4 nitrogen and oxygen atoms in total. The van der Waals surface area contributed by atoms with Crippen LogP contribution in [0.2, 0.25) is 0 Å². The lowest BCUT2D eigenvalue weighted by atomic mass is 9.99. The molecule has 106 valence electrons. The number of carbonyl (C=O) groups excluding carboxylic acids is 1. The van der Waals surface area contributed by atoms with E-state index in [9.17, 15) is 9.18 Å². The average Bonchev–Trinajstić information content (AvgIpc) is 2.39. The second-order valence-electron chi connectivity index (χ2n) is 4.49. The van der Waals surface area contributed by atoms with Crippen LogP contribution in [0.5, 0.6) is 5.75 Å². The van der Waals surface area contributed by atoms with E-state index in [0.29, 0.717) is 25.1 Å². The fourth-order valence-corrected chi connectivity index (χ4v) is 1.96. The van der Waals surface area contributed by atoms with Crippen molar-refractivity contribution in [1.82, 2.24) is 5.32 Å². The molecule has 0 fully saturated rings. The molecule has 2 rings (SSSR count). The normalized spacial score (nSPS) is 18.6. The lowest BCUT2D eigenvalue weighted by molar-refractivity contribution is -0.125. The van der Waals surface area contributed by atoms with Crippen molar-refractivity contribution >= 4 is 18.3 Å². The molecular weight excluding hydrogens is 271 g/mol. The summed E-state index contributed by atoms with van der Waals surface area (Å²) in [5.74, 6) is -0.503. The van der Waals surface area contributed by atoms with Gasteiger partial charge in [-0.15, -0.1) is 12.4 Å². The van der Waals surface area contributed by atoms with E-state index in [0.717, 1.165) is 0 Å². The molecule has 2 atom stereocenters. The summed E-state index contributed by atoms with van der Waals surface area (Å²) in [6.07, 6.45) is 0.638. The third-order valence-corrected chi connectivity index (χ3v) is 3.14. The fraction of sp³-hybridized carbons (Fsp3) is 0.462. The molecule has 1 amide bonds. The summed E-state index contributed by atoms with van der Waals surface area (Å²) in [4.78, 5) is 11.8. The summed E-state index contributed by atoms with van der Waals surface area (Å²) in [6.45, 7) is 2.46. The molecule has 0 spiro atoms. The molecule has 0 aliphatic carbocycles. The highest BCUT2D eigenvalue weighted by Gasteiger charge is 2.26.